The number of anilines is 1. The third-order valence-corrected chi connectivity index (χ3v) is 14.8. The highest BCUT2D eigenvalue weighted by Crippen LogP contribution is 2.41. The third kappa shape index (κ3) is 9.17. The van der Waals surface area contributed by atoms with Gasteiger partial charge in [-0.15, -0.1) is 0 Å². The predicted molar refractivity (Wildman–Crippen MR) is 221 cm³/mol. The number of hydrogen-bond acceptors (Lipinski definition) is 7. The van der Waals surface area contributed by atoms with Gasteiger partial charge in [0.05, 0.1) is 22.8 Å². The van der Waals surface area contributed by atoms with Crippen molar-refractivity contribution >= 4 is 48.2 Å². The van der Waals surface area contributed by atoms with Gasteiger partial charge in [0.25, 0.3) is 0 Å². The van der Waals surface area contributed by atoms with Crippen LogP contribution in [0, 0.1) is 0 Å². The number of carboxylic acid groups (broad SMARTS) is 1. The largest absolute Gasteiger partial charge is 0.506 e. The second-order valence-electron chi connectivity index (χ2n) is 15.3. The molecule has 0 aliphatic carbocycles. The third-order valence-electron chi connectivity index (χ3n) is 10.3. The zero-order valence-electron chi connectivity index (χ0n) is 31.8. The summed E-state index contributed by atoms with van der Waals surface area (Å²) >= 11 is 0. The fraction of sp³-hybridized carbons (Fsp3) is 0.279. The summed E-state index contributed by atoms with van der Waals surface area (Å²) < 4.78 is 14.2. The summed E-state index contributed by atoms with van der Waals surface area (Å²) in [4.78, 5) is 39.2. The number of aromatic amines is 1. The first-order valence-electron chi connectivity index (χ1n) is 18.4. The number of allylic oxidation sites excluding steroid dienone is 1. The Hall–Kier alpha value is -5.69. The maximum Gasteiger partial charge on any atom is 0.419 e. The van der Waals surface area contributed by atoms with Crippen molar-refractivity contribution in [2.75, 3.05) is 11.9 Å². The number of phenols is 1. The highest BCUT2D eigenvalue weighted by molar-refractivity contribution is 6.74. The molecule has 6 aromatic rings. The van der Waals surface area contributed by atoms with Gasteiger partial charge in [0, 0.05) is 36.7 Å². The molecule has 5 N–H and O–H groups in total. The summed E-state index contributed by atoms with van der Waals surface area (Å²) in [5, 5.41) is 26.6. The van der Waals surface area contributed by atoms with Crippen LogP contribution in [0.15, 0.2) is 111 Å². The Balaban J connectivity index is 1.11. The molecule has 2 aromatic heterocycles. The van der Waals surface area contributed by atoms with Crippen LogP contribution in [-0.2, 0) is 17.5 Å². The van der Waals surface area contributed by atoms with Crippen LogP contribution in [0.1, 0.15) is 56.4 Å². The van der Waals surface area contributed by atoms with E-state index in [0.29, 0.717) is 49.3 Å². The van der Waals surface area contributed by atoms with Gasteiger partial charge in [-0.25, -0.2) is 9.59 Å². The van der Waals surface area contributed by atoms with E-state index in [1.54, 1.807) is 16.7 Å². The van der Waals surface area contributed by atoms with Crippen LogP contribution >= 0.6 is 0 Å². The van der Waals surface area contributed by atoms with Crippen LogP contribution in [0.5, 0.6) is 5.75 Å². The molecule has 0 saturated heterocycles. The highest BCUT2D eigenvalue weighted by atomic mass is 28.4. The number of aromatic nitrogens is 2. The smallest absolute Gasteiger partial charge is 0.419 e. The number of amides is 1. The van der Waals surface area contributed by atoms with E-state index in [2.05, 4.69) is 49.5 Å². The molecular weight excluding hydrogens is 713 g/mol. The van der Waals surface area contributed by atoms with E-state index in [-0.39, 0.29) is 22.5 Å². The Labute approximate surface area is 320 Å². The first-order valence-corrected chi connectivity index (χ1v) is 21.3. The summed E-state index contributed by atoms with van der Waals surface area (Å²) in [6.45, 7) is 12.4. The van der Waals surface area contributed by atoms with Crippen molar-refractivity contribution in [2.24, 2.45) is 0 Å². The van der Waals surface area contributed by atoms with Crippen molar-refractivity contribution in [1.82, 2.24) is 14.9 Å². The number of fused-ring (bicyclic) bond motifs is 2. The minimum atomic E-state index is -2.24. The lowest BCUT2D eigenvalue weighted by Crippen LogP contribution is -2.43. The molecule has 0 radical (unpaired) electrons. The second kappa shape index (κ2) is 16.4. The van der Waals surface area contributed by atoms with E-state index in [4.69, 9.17) is 8.84 Å². The summed E-state index contributed by atoms with van der Waals surface area (Å²) in [6, 6.07) is 27.7. The molecule has 55 heavy (non-hydrogen) atoms. The second-order valence-corrected chi connectivity index (χ2v) is 20.0. The highest BCUT2D eigenvalue weighted by Gasteiger charge is 2.39. The normalized spacial score (nSPS) is 12.8. The van der Waals surface area contributed by atoms with Crippen molar-refractivity contribution in [3.63, 3.8) is 0 Å². The minimum Gasteiger partial charge on any atom is -0.506 e. The van der Waals surface area contributed by atoms with Crippen LogP contribution in [0.3, 0.4) is 0 Å². The van der Waals surface area contributed by atoms with E-state index < -0.39 is 20.2 Å². The van der Waals surface area contributed by atoms with Crippen LogP contribution in [0.4, 0.5) is 10.5 Å². The molecule has 1 amide bonds. The van der Waals surface area contributed by atoms with Crippen molar-refractivity contribution in [3.8, 4) is 16.9 Å². The van der Waals surface area contributed by atoms with Gasteiger partial charge in [0.1, 0.15) is 5.75 Å². The lowest BCUT2D eigenvalue weighted by Gasteiger charge is -2.39. The van der Waals surface area contributed by atoms with E-state index in [0.717, 1.165) is 38.7 Å². The summed E-state index contributed by atoms with van der Waals surface area (Å²) in [5.41, 5.74) is 6.23. The number of oxazole rings is 1. The molecular formula is C43H48N4O7Si. The van der Waals surface area contributed by atoms with Gasteiger partial charge < -0.3 is 29.4 Å². The molecule has 12 heteroatoms. The van der Waals surface area contributed by atoms with Gasteiger partial charge in [-0.2, -0.15) is 0 Å². The lowest BCUT2D eigenvalue weighted by molar-refractivity contribution is 0.181. The van der Waals surface area contributed by atoms with Gasteiger partial charge in [0.2, 0.25) is 5.56 Å². The van der Waals surface area contributed by atoms with Crippen molar-refractivity contribution in [1.29, 1.82) is 0 Å². The number of unbranched alkanes of at least 4 members (excludes halogenated alkanes) is 1. The zero-order chi connectivity index (χ0) is 39.3. The van der Waals surface area contributed by atoms with Crippen LogP contribution in [0.2, 0.25) is 18.1 Å². The Morgan fingerprint density at radius 3 is 2.53 bits per heavy atom. The fourth-order valence-electron chi connectivity index (χ4n) is 6.41. The first kappa shape index (κ1) is 39.0. The van der Waals surface area contributed by atoms with E-state index in [1.807, 2.05) is 84.9 Å². The average Bonchev–Trinajstić information content (AvgIpc) is 3.44. The minimum absolute atomic E-state index is 0.00417. The molecule has 2 heterocycles. The number of nitrogens with one attached hydrogen (secondary N) is 3. The van der Waals surface area contributed by atoms with Gasteiger partial charge in [0.15, 0.2) is 13.9 Å². The Morgan fingerprint density at radius 2 is 1.78 bits per heavy atom. The maximum absolute atomic E-state index is 12.9. The van der Waals surface area contributed by atoms with Crippen LogP contribution < -0.4 is 21.9 Å². The predicted octanol–water partition coefficient (Wildman–Crippen LogP) is 9.24. The van der Waals surface area contributed by atoms with E-state index in [1.165, 1.54) is 6.07 Å². The van der Waals surface area contributed by atoms with Gasteiger partial charge in [-0.3, -0.25) is 14.7 Å². The molecule has 286 valence electrons. The van der Waals surface area contributed by atoms with Crippen LogP contribution in [-0.4, -0.2) is 40.7 Å². The standard InChI is InChI=1S/C43H48N4O7Si/c1-43(2,3)55(4,5)54-38(32-18-21-36(48)40-33(32)19-22-39(49)46-40)27-44-26-29-16-20-35-37(25-29)53-42(52)47(35)23-11-7-8-12-28-15-17-31(30-13-9-6-10-14-30)34(24-28)45-41(50)51/h6,8-10,12-22,24-25,38,44-45,48H,7,11,23,26-27H2,1-5H3,(H,46,49)(H,50,51)/b12-8+/t38-/m0/s1. The molecule has 0 spiro atoms. The number of benzene rings is 4. The van der Waals surface area contributed by atoms with Crippen molar-refractivity contribution in [2.45, 2.75) is 70.9 Å². The fourth-order valence-corrected chi connectivity index (χ4v) is 7.68. The monoisotopic (exact) mass is 760 g/mol. The van der Waals surface area contributed by atoms with Crippen molar-refractivity contribution in [3.05, 3.63) is 135 Å². The summed E-state index contributed by atoms with van der Waals surface area (Å²) in [5.74, 6) is -0.408. The number of phenolic OH excluding ortho intramolecular Hbond substituents is 1. The number of hydrogen-bond donors (Lipinski definition) is 5. The maximum atomic E-state index is 12.9. The summed E-state index contributed by atoms with van der Waals surface area (Å²) in [6.07, 6.45) is 3.88. The number of nitrogens with zero attached hydrogens (tertiary/aromatic N) is 1. The molecule has 6 rings (SSSR count). The molecule has 4 aromatic carbocycles. The molecule has 0 fully saturated rings. The van der Waals surface area contributed by atoms with E-state index >= 15 is 0 Å². The van der Waals surface area contributed by atoms with Gasteiger partial charge in [-0.1, -0.05) is 87.5 Å². The molecule has 0 bridgehead atoms. The number of pyridine rings is 1. The van der Waals surface area contributed by atoms with Crippen molar-refractivity contribution < 1.29 is 23.9 Å². The molecule has 0 aliphatic heterocycles. The number of aromatic hydroxyl groups is 1. The number of rotatable bonds is 14. The van der Waals surface area contributed by atoms with E-state index in [9.17, 15) is 24.6 Å². The van der Waals surface area contributed by atoms with Gasteiger partial charge in [-0.05, 0) is 83.6 Å². The average molecular weight is 761 g/mol. The molecule has 1 atom stereocenters. The first-order chi connectivity index (χ1) is 26.2. The number of carbonyl (C=O) groups is 1. The Morgan fingerprint density at radius 1 is 1.00 bits per heavy atom. The number of H-pyrrole nitrogens is 1. The number of aryl methyl sites for hydroxylation is 1. The van der Waals surface area contributed by atoms with Gasteiger partial charge >= 0.3 is 11.8 Å². The molecule has 11 nitrogen and oxygen atoms in total. The zero-order valence-corrected chi connectivity index (χ0v) is 32.8. The Bertz CT molecular complexity index is 2460. The lowest BCUT2D eigenvalue weighted by atomic mass is 10.0. The topological polar surface area (TPSA) is 159 Å². The molecule has 0 saturated carbocycles. The molecule has 0 unspecified atom stereocenters. The quantitative estimate of drug-likeness (QED) is 0.0543. The molecule has 0 aliphatic rings. The SMILES string of the molecule is CC(C)(C)[Si](C)(C)O[C@@H](CNCc1ccc2c(c1)oc(=O)n2CCC/C=C/c1ccc(-c2ccccc2)c(NC(=O)O)c1)c1ccc(O)c2[nH]c(=O)ccc12. The summed E-state index contributed by atoms with van der Waals surface area (Å²) in [7, 11) is -2.24. The Kier molecular flexibility index (Phi) is 11.6. The van der Waals surface area contributed by atoms with Crippen LogP contribution in [0.25, 0.3) is 39.2 Å².